The molecule has 0 amide bonds. The summed E-state index contributed by atoms with van der Waals surface area (Å²) in [7, 11) is 0. The number of aromatic hydroxyl groups is 4. The maximum absolute atomic E-state index is 13.0. The molecule has 0 radical (unpaired) electrons. The molecule has 2 aliphatic rings. The molecule has 0 spiro atoms. The zero-order valence-corrected chi connectivity index (χ0v) is 14.9. The second kappa shape index (κ2) is 5.70. The molecule has 0 saturated carbocycles. The van der Waals surface area contributed by atoms with Crippen LogP contribution in [0.15, 0.2) is 12.1 Å². The summed E-state index contributed by atoms with van der Waals surface area (Å²) in [5.74, 6) is -4.35. The highest BCUT2D eigenvalue weighted by molar-refractivity contribution is 6.32. The first-order valence-electron chi connectivity index (χ1n) is 8.79. The van der Waals surface area contributed by atoms with Crippen molar-refractivity contribution >= 4 is 11.6 Å². The third-order valence-corrected chi connectivity index (χ3v) is 5.86. The summed E-state index contributed by atoms with van der Waals surface area (Å²) in [4.78, 5) is 25.9. The molecular formula is C20H18O8. The predicted octanol–water partition coefficient (Wildman–Crippen LogP) is 1.41. The molecule has 8 nitrogen and oxygen atoms in total. The topological polar surface area (TPSA) is 156 Å². The van der Waals surface area contributed by atoms with E-state index in [1.165, 1.54) is 0 Å². The van der Waals surface area contributed by atoms with Gasteiger partial charge in [-0.25, -0.2) is 0 Å². The second-order valence-corrected chi connectivity index (χ2v) is 7.21. The summed E-state index contributed by atoms with van der Waals surface area (Å²) in [5.41, 5.74) is -3.75. The van der Waals surface area contributed by atoms with Gasteiger partial charge in [-0.15, -0.1) is 0 Å². The average Bonchev–Trinajstić information content (AvgIpc) is 2.66. The highest BCUT2D eigenvalue weighted by Crippen LogP contribution is 2.52. The fourth-order valence-corrected chi connectivity index (χ4v) is 4.19. The standard InChI is InChI=1S/C20H18O8/c1-2-20(28)6-5-7-10(19(20)27)16(24)14-13(15(7)23)17(25)11-8(21)3-4-9(22)12(11)18(14)26/h3-4,19,21-24,27-28H,2,5-6H2,1H3. The van der Waals surface area contributed by atoms with Crippen molar-refractivity contribution in [3.05, 3.63) is 45.5 Å². The second-order valence-electron chi connectivity index (χ2n) is 7.21. The molecule has 8 heteroatoms. The van der Waals surface area contributed by atoms with Crippen molar-refractivity contribution in [2.24, 2.45) is 0 Å². The monoisotopic (exact) mass is 386 g/mol. The Labute approximate surface area is 158 Å². The Morgan fingerprint density at radius 2 is 1.43 bits per heavy atom. The van der Waals surface area contributed by atoms with E-state index in [0.29, 0.717) is 0 Å². The summed E-state index contributed by atoms with van der Waals surface area (Å²) in [6.45, 7) is 1.65. The lowest BCUT2D eigenvalue weighted by atomic mass is 9.72. The van der Waals surface area contributed by atoms with E-state index < -0.39 is 68.5 Å². The lowest BCUT2D eigenvalue weighted by Crippen LogP contribution is -2.40. The van der Waals surface area contributed by atoms with Crippen molar-refractivity contribution in [1.29, 1.82) is 0 Å². The molecule has 0 bridgehead atoms. The molecule has 0 aliphatic heterocycles. The van der Waals surface area contributed by atoms with E-state index in [0.717, 1.165) is 12.1 Å². The van der Waals surface area contributed by atoms with Gasteiger partial charge in [-0.1, -0.05) is 6.92 Å². The number of hydrogen-bond donors (Lipinski definition) is 6. The first kappa shape index (κ1) is 18.3. The molecule has 0 fully saturated rings. The molecule has 28 heavy (non-hydrogen) atoms. The van der Waals surface area contributed by atoms with Gasteiger partial charge in [-0.2, -0.15) is 0 Å². The molecule has 2 aromatic carbocycles. The molecule has 2 atom stereocenters. The maximum atomic E-state index is 13.0. The first-order valence-corrected chi connectivity index (χ1v) is 8.79. The third-order valence-electron chi connectivity index (χ3n) is 5.86. The maximum Gasteiger partial charge on any atom is 0.202 e. The molecule has 4 rings (SSSR count). The van der Waals surface area contributed by atoms with Crippen LogP contribution < -0.4 is 0 Å². The summed E-state index contributed by atoms with van der Waals surface area (Å²) >= 11 is 0. The Morgan fingerprint density at radius 3 is 1.93 bits per heavy atom. The number of phenols is 4. The highest BCUT2D eigenvalue weighted by Gasteiger charge is 2.47. The number of carbonyl (C=O) groups excluding carboxylic acids is 2. The Hall–Kier alpha value is -3.10. The van der Waals surface area contributed by atoms with Crippen molar-refractivity contribution in [1.82, 2.24) is 0 Å². The average molecular weight is 386 g/mol. The van der Waals surface area contributed by atoms with E-state index in [-0.39, 0.29) is 30.4 Å². The van der Waals surface area contributed by atoms with Gasteiger partial charge in [0.25, 0.3) is 0 Å². The van der Waals surface area contributed by atoms with E-state index in [9.17, 15) is 40.2 Å². The molecule has 0 heterocycles. The number of fused-ring (bicyclic) bond motifs is 3. The van der Waals surface area contributed by atoms with Crippen LogP contribution in [0.3, 0.4) is 0 Å². The van der Waals surface area contributed by atoms with Crippen molar-refractivity contribution in [3.8, 4) is 23.0 Å². The van der Waals surface area contributed by atoms with Crippen molar-refractivity contribution in [3.63, 3.8) is 0 Å². The highest BCUT2D eigenvalue weighted by atomic mass is 16.3. The fourth-order valence-electron chi connectivity index (χ4n) is 4.19. The van der Waals surface area contributed by atoms with Crippen LogP contribution in [0.4, 0.5) is 0 Å². The van der Waals surface area contributed by atoms with E-state index in [1.54, 1.807) is 6.92 Å². The van der Waals surface area contributed by atoms with Crippen LogP contribution in [-0.4, -0.2) is 47.8 Å². The van der Waals surface area contributed by atoms with Gasteiger partial charge in [-0.05, 0) is 31.4 Å². The summed E-state index contributed by atoms with van der Waals surface area (Å²) < 4.78 is 0. The lowest BCUT2D eigenvalue weighted by Gasteiger charge is -2.39. The molecule has 2 aliphatic carbocycles. The summed E-state index contributed by atoms with van der Waals surface area (Å²) in [6.07, 6.45) is -1.28. The lowest BCUT2D eigenvalue weighted by molar-refractivity contribution is -0.0921. The van der Waals surface area contributed by atoms with E-state index in [2.05, 4.69) is 0 Å². The van der Waals surface area contributed by atoms with Gasteiger partial charge in [-0.3, -0.25) is 9.59 Å². The molecule has 2 unspecified atom stereocenters. The molecular weight excluding hydrogens is 368 g/mol. The van der Waals surface area contributed by atoms with Gasteiger partial charge in [0, 0.05) is 11.1 Å². The van der Waals surface area contributed by atoms with Gasteiger partial charge >= 0.3 is 0 Å². The number of phenolic OH excluding ortho intramolecular Hbond substituents is 4. The summed E-state index contributed by atoms with van der Waals surface area (Å²) in [6, 6.07) is 2.08. The predicted molar refractivity (Wildman–Crippen MR) is 94.9 cm³/mol. The molecule has 146 valence electrons. The minimum Gasteiger partial charge on any atom is -0.507 e. The van der Waals surface area contributed by atoms with Crippen LogP contribution in [0.25, 0.3) is 0 Å². The first-order chi connectivity index (χ1) is 13.1. The number of aliphatic hydroxyl groups is 2. The Morgan fingerprint density at radius 1 is 0.929 bits per heavy atom. The summed E-state index contributed by atoms with van der Waals surface area (Å²) in [5, 5.41) is 62.8. The molecule has 2 aromatic rings. The van der Waals surface area contributed by atoms with Gasteiger partial charge in [0.05, 0.1) is 27.9 Å². The molecule has 6 N–H and O–H groups in total. The number of carbonyl (C=O) groups is 2. The van der Waals surface area contributed by atoms with Crippen LogP contribution in [0.5, 0.6) is 23.0 Å². The molecule has 0 aromatic heterocycles. The van der Waals surface area contributed by atoms with Crippen LogP contribution in [0, 0.1) is 0 Å². The van der Waals surface area contributed by atoms with E-state index in [4.69, 9.17) is 0 Å². The number of hydrogen-bond acceptors (Lipinski definition) is 8. The minimum atomic E-state index is -1.58. The van der Waals surface area contributed by atoms with E-state index in [1.807, 2.05) is 0 Å². The number of rotatable bonds is 1. The van der Waals surface area contributed by atoms with Crippen LogP contribution >= 0.6 is 0 Å². The van der Waals surface area contributed by atoms with E-state index >= 15 is 0 Å². The zero-order chi connectivity index (χ0) is 20.5. The van der Waals surface area contributed by atoms with Crippen LogP contribution in [-0.2, 0) is 6.42 Å². The quantitative estimate of drug-likeness (QED) is 0.343. The Kier molecular flexibility index (Phi) is 3.72. The van der Waals surface area contributed by atoms with Crippen LogP contribution in [0.1, 0.15) is 68.8 Å². The smallest absolute Gasteiger partial charge is 0.202 e. The number of ketones is 2. The minimum absolute atomic E-state index is 0.0593. The van der Waals surface area contributed by atoms with Crippen LogP contribution in [0.2, 0.25) is 0 Å². The largest absolute Gasteiger partial charge is 0.507 e. The zero-order valence-electron chi connectivity index (χ0n) is 14.9. The van der Waals surface area contributed by atoms with Crippen molar-refractivity contribution < 1.29 is 40.2 Å². The van der Waals surface area contributed by atoms with Gasteiger partial charge in [0.2, 0.25) is 11.6 Å². The normalized spacial score (nSPS) is 23.2. The van der Waals surface area contributed by atoms with Gasteiger partial charge in [0.1, 0.15) is 29.1 Å². The van der Waals surface area contributed by atoms with Crippen molar-refractivity contribution in [2.45, 2.75) is 37.9 Å². The Balaban J connectivity index is 2.07. The number of aliphatic hydroxyl groups excluding tert-OH is 1. The number of benzene rings is 2. The van der Waals surface area contributed by atoms with Gasteiger partial charge < -0.3 is 30.6 Å². The molecule has 0 saturated heterocycles. The fraction of sp³-hybridized carbons (Fsp3) is 0.300. The van der Waals surface area contributed by atoms with Gasteiger partial charge in [0.15, 0.2) is 0 Å². The Bertz CT molecular complexity index is 1070. The third kappa shape index (κ3) is 2.07. The van der Waals surface area contributed by atoms with Crippen molar-refractivity contribution in [2.75, 3.05) is 0 Å². The SMILES string of the molecule is CCC1(O)CCc2c(O)c3c(c(O)c2C1O)C(=O)c1c(O)ccc(O)c1C3=O.